The molecule has 0 bridgehead atoms. The van der Waals surface area contributed by atoms with Crippen molar-refractivity contribution >= 4 is 51.4 Å². The molecule has 2 N–H and O–H groups in total. The van der Waals surface area contributed by atoms with Crippen LogP contribution in [0.25, 0.3) is 22.0 Å². The molecular weight excluding hydrogens is 1220 g/mol. The Morgan fingerprint density at radius 3 is 1.52 bits per heavy atom. The zero-order valence-corrected chi connectivity index (χ0v) is 54.9. The Labute approximate surface area is 546 Å². The zero-order chi connectivity index (χ0) is 65.4. The van der Waals surface area contributed by atoms with E-state index in [0.29, 0.717) is 267 Å². The summed E-state index contributed by atoms with van der Waals surface area (Å²) in [7, 11) is 1.63. The second kappa shape index (κ2) is 49.4. The molecule has 2 aromatic heterocycles. The summed E-state index contributed by atoms with van der Waals surface area (Å²) in [6.45, 7) is 19.5. The quantitative estimate of drug-likeness (QED) is 0.0579. The number of aromatic nitrogens is 2. The highest BCUT2D eigenvalue weighted by molar-refractivity contribution is 6.00. The average molecular weight is 1320 g/mol. The predicted octanol–water partition coefficient (Wildman–Crippen LogP) is 4.43. The lowest BCUT2D eigenvalue weighted by atomic mass is 10.0. The summed E-state index contributed by atoms with van der Waals surface area (Å²) in [6, 6.07) is 10.0. The number of hydrogen-bond acceptors (Lipinski definition) is 24. The number of amides is 2. The summed E-state index contributed by atoms with van der Waals surface area (Å²) >= 11 is 0. The molecule has 1 saturated heterocycles. The lowest BCUT2D eigenvalue weighted by Gasteiger charge is -2.30. The summed E-state index contributed by atoms with van der Waals surface area (Å²) in [5.41, 5.74) is 4.45. The van der Waals surface area contributed by atoms with Crippen molar-refractivity contribution in [3.8, 4) is 0 Å². The molecule has 1 unspecified atom stereocenters. The third-order valence-electron chi connectivity index (χ3n) is 14.6. The Balaban J connectivity index is 0.871. The van der Waals surface area contributed by atoms with Crippen LogP contribution in [0.4, 0.5) is 16.1 Å². The van der Waals surface area contributed by atoms with Crippen molar-refractivity contribution < 1.29 is 104 Å². The number of rotatable bonds is 58. The monoisotopic (exact) mass is 1320 g/mol. The van der Waals surface area contributed by atoms with Gasteiger partial charge in [-0.3, -0.25) is 19.0 Å². The van der Waals surface area contributed by atoms with Crippen LogP contribution in [0.2, 0.25) is 0 Å². The first kappa shape index (κ1) is 76.9. The molecule has 6 rings (SSSR count). The SMILES string of the molecule is CCOCCOCCOCCOCCOCCOCCOCCOCCC(=O)NC(CCCCNC(=O)CCOCCOCCOCCOCCOCCOCCOCCOC)C(=O)n1c2c(c3ccc(F)cc31)CN(c1ccc3oc(N4CCOCC4)nc3c1)CC2. The number of carbonyl (C=O) groups is 3. The largest absolute Gasteiger partial charge is 0.423 e. The van der Waals surface area contributed by atoms with Gasteiger partial charge < -0.3 is 105 Å². The average Bonchev–Trinajstić information content (AvgIpc) is 1.60. The number of nitrogens with one attached hydrogen (secondary N) is 2. The van der Waals surface area contributed by atoms with Crippen LogP contribution in [0.15, 0.2) is 40.8 Å². The van der Waals surface area contributed by atoms with Crippen molar-refractivity contribution in [3.63, 3.8) is 0 Å². The number of anilines is 2. The first-order chi connectivity index (χ1) is 45.9. The molecule has 4 aromatic rings. The fourth-order valence-corrected chi connectivity index (χ4v) is 9.84. The third kappa shape index (κ3) is 31.6. The second-order valence-electron chi connectivity index (χ2n) is 21.4. The number of hydrogen-bond donors (Lipinski definition) is 2. The van der Waals surface area contributed by atoms with Gasteiger partial charge in [0.15, 0.2) is 5.58 Å². The van der Waals surface area contributed by atoms with Gasteiger partial charge >= 0.3 is 0 Å². The van der Waals surface area contributed by atoms with E-state index in [-0.39, 0.29) is 56.8 Å². The van der Waals surface area contributed by atoms with E-state index < -0.39 is 11.9 Å². The maximum absolute atomic E-state index is 15.2. The highest BCUT2D eigenvalue weighted by Gasteiger charge is 2.32. The summed E-state index contributed by atoms with van der Waals surface area (Å²) in [5, 5.41) is 6.66. The number of carbonyl (C=O) groups excluding carboxylic acids is 3. The van der Waals surface area contributed by atoms with Crippen molar-refractivity contribution in [1.29, 1.82) is 0 Å². The zero-order valence-electron chi connectivity index (χ0n) is 54.9. The topological polar surface area (TPSA) is 270 Å². The molecule has 27 nitrogen and oxygen atoms in total. The van der Waals surface area contributed by atoms with Gasteiger partial charge in [-0.15, -0.1) is 0 Å². The number of fused-ring (bicyclic) bond motifs is 4. The number of methoxy groups -OCH3 is 1. The highest BCUT2D eigenvalue weighted by atomic mass is 19.1. The van der Waals surface area contributed by atoms with E-state index in [0.717, 1.165) is 27.8 Å². The molecule has 93 heavy (non-hydrogen) atoms. The van der Waals surface area contributed by atoms with Gasteiger partial charge in [-0.25, -0.2) is 4.39 Å². The Morgan fingerprint density at radius 2 is 1.02 bits per heavy atom. The van der Waals surface area contributed by atoms with Crippen LogP contribution in [0.3, 0.4) is 0 Å². The third-order valence-corrected chi connectivity index (χ3v) is 14.6. The molecular formula is C65H103FN6O21. The van der Waals surface area contributed by atoms with Crippen molar-refractivity contribution in [2.45, 2.75) is 58.0 Å². The van der Waals surface area contributed by atoms with Crippen LogP contribution >= 0.6 is 0 Å². The van der Waals surface area contributed by atoms with E-state index >= 15 is 4.39 Å². The Kier molecular flexibility index (Phi) is 40.9. The van der Waals surface area contributed by atoms with Crippen LogP contribution in [0, 0.1) is 5.82 Å². The van der Waals surface area contributed by atoms with Crippen molar-refractivity contribution in [3.05, 3.63) is 53.5 Å². The molecule has 0 spiro atoms. The normalized spacial score (nSPS) is 13.8. The number of oxazole rings is 1. The van der Waals surface area contributed by atoms with Gasteiger partial charge in [-0.1, -0.05) is 0 Å². The highest BCUT2D eigenvalue weighted by Crippen LogP contribution is 2.35. The summed E-state index contributed by atoms with van der Waals surface area (Å²) < 4.78 is 116. The van der Waals surface area contributed by atoms with Crippen LogP contribution in [0.1, 0.15) is 55.1 Å². The van der Waals surface area contributed by atoms with Gasteiger partial charge in [0.2, 0.25) is 11.8 Å². The van der Waals surface area contributed by atoms with E-state index in [1.165, 1.54) is 12.1 Å². The molecule has 2 aliphatic heterocycles. The number of halogens is 1. The molecule has 0 saturated carbocycles. The van der Waals surface area contributed by atoms with Gasteiger partial charge in [0.25, 0.3) is 11.9 Å². The number of unbranched alkanes of at least 4 members (excludes halogenated alkanes) is 1. The molecule has 28 heteroatoms. The minimum atomic E-state index is -0.962. The molecule has 2 amide bonds. The Bertz CT molecular complexity index is 2610. The van der Waals surface area contributed by atoms with Crippen LogP contribution in [-0.2, 0) is 103 Å². The van der Waals surface area contributed by atoms with Crippen molar-refractivity contribution in [2.24, 2.45) is 0 Å². The first-order valence-corrected chi connectivity index (χ1v) is 32.9. The lowest BCUT2D eigenvalue weighted by Crippen LogP contribution is -2.44. The number of ether oxygens (including phenoxy) is 17. The molecule has 0 aliphatic carbocycles. The molecule has 1 atom stereocenters. The first-order valence-electron chi connectivity index (χ1n) is 32.9. The molecule has 2 aliphatic rings. The van der Waals surface area contributed by atoms with E-state index in [4.69, 9.17) is 89.9 Å². The van der Waals surface area contributed by atoms with Crippen molar-refractivity contribution in [1.82, 2.24) is 20.2 Å². The standard InChI is InChI=1S/C65H103FN6O21/c1-3-77-24-25-82-32-33-86-40-41-90-48-49-92-45-43-88-37-35-84-29-27-79-19-13-63(74)68-57(6-4-5-14-67-62(73)12-18-78-26-28-83-34-36-87-42-44-91-47-46-89-39-38-85-31-30-81-23-22-76-2)64(75)72-59-11-15-71(52-56(59)55-9-7-53(66)50-60(55)72)54-8-10-61-58(51-54)69-65(93-61)70-16-20-80-21-17-70/h7-10,50-51,57H,3-6,11-49,52H2,1-2H3,(H,67,73)(H,68,74). The van der Waals surface area contributed by atoms with E-state index in [1.807, 2.05) is 25.1 Å². The summed E-state index contributed by atoms with van der Waals surface area (Å²) in [4.78, 5) is 50.5. The summed E-state index contributed by atoms with van der Waals surface area (Å²) in [5.74, 6) is -1.40. The molecule has 526 valence electrons. The smallest absolute Gasteiger partial charge is 0.298 e. The fraction of sp³-hybridized carbons (Fsp3) is 0.723. The molecule has 4 heterocycles. The second-order valence-corrected chi connectivity index (χ2v) is 21.4. The van der Waals surface area contributed by atoms with Crippen LogP contribution < -0.4 is 20.4 Å². The predicted molar refractivity (Wildman–Crippen MR) is 342 cm³/mol. The van der Waals surface area contributed by atoms with E-state index in [2.05, 4.69) is 20.4 Å². The van der Waals surface area contributed by atoms with Gasteiger partial charge in [-0.05, 0) is 62.6 Å². The minimum Gasteiger partial charge on any atom is -0.423 e. The van der Waals surface area contributed by atoms with Gasteiger partial charge in [0.1, 0.15) is 17.4 Å². The number of benzene rings is 2. The number of nitrogens with zero attached hydrogens (tertiary/aromatic N) is 4. The fourth-order valence-electron chi connectivity index (χ4n) is 9.84. The number of morpholine rings is 1. The summed E-state index contributed by atoms with van der Waals surface area (Å²) in [6.07, 6.45) is 1.93. The minimum absolute atomic E-state index is 0.00668. The lowest BCUT2D eigenvalue weighted by molar-refractivity contribution is -0.123. The van der Waals surface area contributed by atoms with E-state index in [1.54, 1.807) is 17.7 Å². The van der Waals surface area contributed by atoms with Gasteiger partial charge in [0.05, 0.1) is 217 Å². The van der Waals surface area contributed by atoms with Crippen LogP contribution in [-0.4, -0.2) is 285 Å². The Morgan fingerprint density at radius 1 is 0.548 bits per heavy atom. The van der Waals surface area contributed by atoms with Crippen molar-refractivity contribution in [2.75, 3.05) is 261 Å². The van der Waals surface area contributed by atoms with Gasteiger partial charge in [0, 0.05) is 88.0 Å². The maximum Gasteiger partial charge on any atom is 0.298 e. The van der Waals surface area contributed by atoms with Gasteiger partial charge in [-0.2, -0.15) is 4.98 Å². The molecule has 0 radical (unpaired) electrons. The van der Waals surface area contributed by atoms with E-state index in [9.17, 15) is 14.4 Å². The van der Waals surface area contributed by atoms with Crippen LogP contribution in [0.5, 0.6) is 0 Å². The Hall–Kier alpha value is -5.09. The molecule has 1 fully saturated rings. The maximum atomic E-state index is 15.2. The molecule has 2 aromatic carbocycles.